The van der Waals surface area contributed by atoms with E-state index in [1.54, 1.807) is 24.3 Å². The molecular weight excluding hydrogens is 532 g/mol. The Morgan fingerprint density at radius 3 is 1.58 bits per heavy atom. The molecule has 10 nitrogen and oxygen atoms in total. The summed E-state index contributed by atoms with van der Waals surface area (Å²) in [7, 11) is -8.04. The number of carbonyl (C=O) groups excluding carboxylic acids is 1. The van der Waals surface area contributed by atoms with E-state index in [-0.39, 0.29) is 22.4 Å². The zero-order chi connectivity index (χ0) is 28.8. The SMILES string of the molecule is Cc1ccc(S(=O)(=O)O)cc1.Cc1ccc(S(=O)(=O)O)cc1.NCCC[C@H](N)C(=O)OCc1ccccc1. The normalized spacial score (nSPS) is 11.7. The fraction of sp³-hybridized carbons (Fsp3) is 0.269. The van der Waals surface area contributed by atoms with Gasteiger partial charge in [-0.3, -0.25) is 13.9 Å². The Labute approximate surface area is 224 Å². The second kappa shape index (κ2) is 16.0. The zero-order valence-corrected chi connectivity index (χ0v) is 22.9. The van der Waals surface area contributed by atoms with E-state index >= 15 is 0 Å². The van der Waals surface area contributed by atoms with Crippen molar-refractivity contribution in [3.05, 3.63) is 95.6 Å². The average Bonchev–Trinajstić information content (AvgIpc) is 2.86. The molecular formula is C26H34N2O8S2. The van der Waals surface area contributed by atoms with Gasteiger partial charge in [-0.05, 0) is 63.1 Å². The van der Waals surface area contributed by atoms with E-state index in [0.29, 0.717) is 13.0 Å². The highest BCUT2D eigenvalue weighted by molar-refractivity contribution is 7.86. The van der Waals surface area contributed by atoms with Crippen molar-refractivity contribution in [1.29, 1.82) is 0 Å². The van der Waals surface area contributed by atoms with E-state index in [1.165, 1.54) is 24.3 Å². The smallest absolute Gasteiger partial charge is 0.323 e. The molecule has 0 aliphatic carbocycles. The van der Waals surface area contributed by atoms with Crippen LogP contribution in [0.4, 0.5) is 0 Å². The van der Waals surface area contributed by atoms with Gasteiger partial charge in [-0.2, -0.15) is 16.8 Å². The van der Waals surface area contributed by atoms with Crippen molar-refractivity contribution >= 4 is 26.2 Å². The average molecular weight is 567 g/mol. The standard InChI is InChI=1S/C12H18N2O2.2C7H8O3S/c13-8-4-7-11(14)12(15)16-9-10-5-2-1-3-6-10;2*1-6-2-4-7(5-3-6)11(8,9)10/h1-3,5-6,11H,4,7-9,13-14H2;2*2-5H,1H3,(H,8,9,10)/t11-;;/m0../s1. The third-order valence-corrected chi connectivity index (χ3v) is 6.62. The van der Waals surface area contributed by atoms with Crippen LogP contribution in [0.15, 0.2) is 88.7 Å². The number of carbonyl (C=O) groups is 1. The number of ether oxygens (including phenoxy) is 1. The molecule has 0 heterocycles. The molecule has 0 spiro atoms. The first-order valence-electron chi connectivity index (χ1n) is 11.5. The van der Waals surface area contributed by atoms with Crippen molar-refractivity contribution in [2.45, 2.75) is 49.1 Å². The van der Waals surface area contributed by atoms with Gasteiger partial charge in [0.25, 0.3) is 20.2 Å². The van der Waals surface area contributed by atoms with Crippen LogP contribution in [0.5, 0.6) is 0 Å². The predicted octanol–water partition coefficient (Wildman–Crippen LogP) is 3.28. The number of hydrogen-bond donors (Lipinski definition) is 4. The second-order valence-electron chi connectivity index (χ2n) is 8.21. The Kier molecular flexibility index (Phi) is 13.8. The Morgan fingerprint density at radius 1 is 0.789 bits per heavy atom. The fourth-order valence-corrected chi connectivity index (χ4v) is 3.67. The lowest BCUT2D eigenvalue weighted by molar-refractivity contribution is -0.146. The molecule has 0 saturated carbocycles. The minimum atomic E-state index is -4.02. The van der Waals surface area contributed by atoms with Crippen LogP contribution in [0, 0.1) is 13.8 Å². The van der Waals surface area contributed by atoms with Crippen LogP contribution in [0.3, 0.4) is 0 Å². The molecule has 0 saturated heterocycles. The van der Waals surface area contributed by atoms with E-state index in [4.69, 9.17) is 25.3 Å². The highest BCUT2D eigenvalue weighted by Crippen LogP contribution is 2.09. The summed E-state index contributed by atoms with van der Waals surface area (Å²) in [5, 5.41) is 0. The monoisotopic (exact) mass is 566 g/mol. The Balaban J connectivity index is 0.000000293. The van der Waals surface area contributed by atoms with Crippen LogP contribution in [-0.2, 0) is 36.4 Å². The molecule has 0 radical (unpaired) electrons. The van der Waals surface area contributed by atoms with Crippen molar-refractivity contribution in [3.63, 3.8) is 0 Å². The van der Waals surface area contributed by atoms with Crippen LogP contribution in [0.2, 0.25) is 0 Å². The molecule has 12 heteroatoms. The van der Waals surface area contributed by atoms with E-state index in [1.807, 2.05) is 44.2 Å². The van der Waals surface area contributed by atoms with Crippen molar-refractivity contribution in [2.75, 3.05) is 6.54 Å². The van der Waals surface area contributed by atoms with Crippen LogP contribution in [0.1, 0.15) is 29.5 Å². The van der Waals surface area contributed by atoms with E-state index < -0.39 is 26.3 Å². The number of rotatable bonds is 8. The topological polar surface area (TPSA) is 187 Å². The molecule has 0 fully saturated rings. The number of aryl methyl sites for hydroxylation is 2. The molecule has 208 valence electrons. The van der Waals surface area contributed by atoms with E-state index in [2.05, 4.69) is 0 Å². The Morgan fingerprint density at radius 2 is 1.21 bits per heavy atom. The van der Waals surface area contributed by atoms with Crippen LogP contribution < -0.4 is 11.5 Å². The second-order valence-corrected chi connectivity index (χ2v) is 11.1. The molecule has 6 N–H and O–H groups in total. The summed E-state index contributed by atoms with van der Waals surface area (Å²) in [6.07, 6.45) is 1.31. The molecule has 0 aromatic heterocycles. The molecule has 1 atom stereocenters. The lowest BCUT2D eigenvalue weighted by atomic mass is 10.2. The third-order valence-electron chi connectivity index (χ3n) is 4.88. The Bertz CT molecular complexity index is 1250. The molecule has 0 unspecified atom stereocenters. The zero-order valence-electron chi connectivity index (χ0n) is 21.2. The number of benzene rings is 3. The summed E-state index contributed by atoms with van der Waals surface area (Å²) in [6, 6.07) is 20.9. The molecule has 38 heavy (non-hydrogen) atoms. The first-order chi connectivity index (χ1) is 17.7. The summed E-state index contributed by atoms with van der Waals surface area (Å²) >= 11 is 0. The summed E-state index contributed by atoms with van der Waals surface area (Å²) in [4.78, 5) is 11.3. The van der Waals surface area contributed by atoms with Gasteiger partial charge in [0.05, 0.1) is 9.79 Å². The van der Waals surface area contributed by atoms with Crippen molar-refractivity contribution in [1.82, 2.24) is 0 Å². The molecule has 0 bridgehead atoms. The number of esters is 1. The summed E-state index contributed by atoms with van der Waals surface area (Å²) < 4.78 is 64.2. The lowest BCUT2D eigenvalue weighted by Crippen LogP contribution is -2.32. The third kappa shape index (κ3) is 13.4. The maximum Gasteiger partial charge on any atom is 0.323 e. The van der Waals surface area contributed by atoms with Crippen molar-refractivity contribution < 1.29 is 35.5 Å². The molecule has 3 aromatic rings. The molecule has 3 rings (SSSR count). The van der Waals surface area contributed by atoms with Gasteiger partial charge in [0.1, 0.15) is 12.6 Å². The van der Waals surface area contributed by atoms with Gasteiger partial charge in [0, 0.05) is 0 Å². The van der Waals surface area contributed by atoms with Gasteiger partial charge in [0.2, 0.25) is 0 Å². The Hall–Kier alpha value is -3.13. The first-order valence-corrected chi connectivity index (χ1v) is 14.4. The van der Waals surface area contributed by atoms with E-state index in [0.717, 1.165) is 23.1 Å². The predicted molar refractivity (Wildman–Crippen MR) is 144 cm³/mol. The van der Waals surface area contributed by atoms with Gasteiger partial charge >= 0.3 is 5.97 Å². The van der Waals surface area contributed by atoms with Gasteiger partial charge in [-0.15, -0.1) is 0 Å². The van der Waals surface area contributed by atoms with Crippen molar-refractivity contribution in [3.8, 4) is 0 Å². The van der Waals surface area contributed by atoms with Gasteiger partial charge in [0.15, 0.2) is 0 Å². The molecule has 0 aliphatic rings. The maximum atomic E-state index is 11.4. The minimum absolute atomic E-state index is 0.0666. The summed E-state index contributed by atoms with van der Waals surface area (Å²) in [6.45, 7) is 4.50. The summed E-state index contributed by atoms with van der Waals surface area (Å²) in [5.41, 5.74) is 13.8. The first kappa shape index (κ1) is 32.9. The van der Waals surface area contributed by atoms with Crippen LogP contribution in [0.25, 0.3) is 0 Å². The van der Waals surface area contributed by atoms with Gasteiger partial charge in [-0.1, -0.05) is 65.7 Å². The number of nitrogens with two attached hydrogens (primary N) is 2. The van der Waals surface area contributed by atoms with E-state index in [9.17, 15) is 21.6 Å². The summed E-state index contributed by atoms with van der Waals surface area (Å²) in [5.74, 6) is -0.364. The highest BCUT2D eigenvalue weighted by atomic mass is 32.2. The molecule has 0 amide bonds. The fourth-order valence-electron chi connectivity index (χ4n) is 2.71. The quantitative estimate of drug-likeness (QED) is 0.233. The van der Waals surface area contributed by atoms with Crippen LogP contribution in [-0.4, -0.2) is 44.5 Å². The lowest BCUT2D eigenvalue weighted by Gasteiger charge is -2.10. The van der Waals surface area contributed by atoms with Crippen LogP contribution >= 0.6 is 0 Å². The highest BCUT2D eigenvalue weighted by Gasteiger charge is 2.14. The maximum absolute atomic E-state index is 11.4. The van der Waals surface area contributed by atoms with Gasteiger partial charge < -0.3 is 16.2 Å². The largest absolute Gasteiger partial charge is 0.460 e. The molecule has 0 aliphatic heterocycles. The minimum Gasteiger partial charge on any atom is -0.460 e. The number of hydrogen-bond acceptors (Lipinski definition) is 8. The molecule has 3 aromatic carbocycles. The van der Waals surface area contributed by atoms with Gasteiger partial charge in [-0.25, -0.2) is 0 Å². The van der Waals surface area contributed by atoms with Crippen molar-refractivity contribution in [2.24, 2.45) is 11.5 Å².